The molecule has 1 aliphatic rings. The fourth-order valence-electron chi connectivity index (χ4n) is 2.30. The maximum Gasteiger partial charge on any atom is 0.164 e. The molecule has 1 fully saturated rings. The highest BCUT2D eigenvalue weighted by atomic mass is 35.5. The molecule has 0 aliphatic heterocycles. The molecule has 98 valence electrons. The summed E-state index contributed by atoms with van der Waals surface area (Å²) < 4.78 is 5.48. The number of Topliss-reactive ketones (excluding diaryl/α,β-unsaturated/α-hetero) is 1. The fraction of sp³-hybridized carbons (Fsp3) is 0.500. The van der Waals surface area contributed by atoms with Gasteiger partial charge in [-0.25, -0.2) is 0 Å². The van der Waals surface area contributed by atoms with Gasteiger partial charge in [0, 0.05) is 23.6 Å². The summed E-state index contributed by atoms with van der Waals surface area (Å²) in [5.41, 5.74) is 0.570. The van der Waals surface area contributed by atoms with Crippen LogP contribution in [0, 0.1) is 5.92 Å². The molecule has 18 heavy (non-hydrogen) atoms. The molecule has 2 rings (SSSR count). The van der Waals surface area contributed by atoms with Gasteiger partial charge < -0.3 is 4.74 Å². The normalized spacial score (nSPS) is 22.6. The quantitative estimate of drug-likeness (QED) is 0.751. The van der Waals surface area contributed by atoms with Crippen molar-refractivity contribution in [2.75, 3.05) is 6.61 Å². The molecule has 1 aromatic carbocycles. The minimum Gasteiger partial charge on any atom is -0.378 e. The van der Waals surface area contributed by atoms with Crippen molar-refractivity contribution < 1.29 is 9.53 Å². The molecule has 1 aliphatic carbocycles. The lowest BCUT2D eigenvalue weighted by Crippen LogP contribution is -2.32. The lowest BCUT2D eigenvalue weighted by atomic mass is 9.78. The van der Waals surface area contributed by atoms with Crippen LogP contribution in [-0.4, -0.2) is 18.5 Å². The average Bonchev–Trinajstić information content (AvgIpc) is 2.26. The lowest BCUT2D eigenvalue weighted by Gasteiger charge is -2.34. The van der Waals surface area contributed by atoms with E-state index in [9.17, 15) is 4.79 Å². The van der Waals surface area contributed by atoms with Crippen LogP contribution >= 0.6 is 23.2 Å². The first-order valence-corrected chi connectivity index (χ1v) is 6.95. The first-order valence-electron chi connectivity index (χ1n) is 6.20. The Kier molecular flexibility index (Phi) is 4.66. The standard InChI is InChI=1S/C14H16Cl2O2/c1-2-18-11-5-9(6-11)7-14(17)12-4-3-10(15)8-13(12)16/h3-4,8-9,11H,2,5-7H2,1H3. The van der Waals surface area contributed by atoms with Crippen LogP contribution in [0.15, 0.2) is 18.2 Å². The van der Waals surface area contributed by atoms with Gasteiger partial charge in [-0.2, -0.15) is 0 Å². The number of ether oxygens (including phenoxy) is 1. The summed E-state index contributed by atoms with van der Waals surface area (Å²) in [7, 11) is 0. The van der Waals surface area contributed by atoms with Crippen LogP contribution in [0.4, 0.5) is 0 Å². The third-order valence-corrected chi connectivity index (χ3v) is 3.85. The number of carbonyl (C=O) groups excluding carboxylic acids is 1. The molecular formula is C14H16Cl2O2. The van der Waals surface area contributed by atoms with Crippen LogP contribution in [0.2, 0.25) is 10.0 Å². The van der Waals surface area contributed by atoms with Gasteiger partial charge in [0.2, 0.25) is 0 Å². The molecule has 0 saturated heterocycles. The van der Waals surface area contributed by atoms with Crippen molar-refractivity contribution in [2.45, 2.75) is 32.3 Å². The smallest absolute Gasteiger partial charge is 0.164 e. The van der Waals surface area contributed by atoms with Crippen molar-refractivity contribution in [3.63, 3.8) is 0 Å². The zero-order valence-electron chi connectivity index (χ0n) is 10.3. The summed E-state index contributed by atoms with van der Waals surface area (Å²) in [4.78, 5) is 12.1. The van der Waals surface area contributed by atoms with Gasteiger partial charge in [-0.1, -0.05) is 23.2 Å². The van der Waals surface area contributed by atoms with Crippen molar-refractivity contribution in [1.29, 1.82) is 0 Å². The summed E-state index contributed by atoms with van der Waals surface area (Å²) in [5.74, 6) is 0.525. The van der Waals surface area contributed by atoms with Gasteiger partial charge in [0.15, 0.2) is 5.78 Å². The number of carbonyl (C=O) groups is 1. The Bertz CT molecular complexity index is 439. The largest absolute Gasteiger partial charge is 0.378 e. The number of rotatable bonds is 5. The van der Waals surface area contributed by atoms with E-state index in [1.165, 1.54) is 0 Å². The minimum atomic E-state index is 0.0941. The third-order valence-electron chi connectivity index (χ3n) is 3.30. The van der Waals surface area contributed by atoms with E-state index in [-0.39, 0.29) is 5.78 Å². The van der Waals surface area contributed by atoms with Crippen LogP contribution in [0.3, 0.4) is 0 Å². The topological polar surface area (TPSA) is 26.3 Å². The summed E-state index contributed by atoms with van der Waals surface area (Å²) in [6, 6.07) is 5.01. The van der Waals surface area contributed by atoms with Crippen molar-refractivity contribution >= 4 is 29.0 Å². The van der Waals surface area contributed by atoms with Gasteiger partial charge in [0.25, 0.3) is 0 Å². The van der Waals surface area contributed by atoms with Crippen LogP contribution in [0.25, 0.3) is 0 Å². The Morgan fingerprint density at radius 2 is 2.11 bits per heavy atom. The van der Waals surface area contributed by atoms with Crippen LogP contribution in [-0.2, 0) is 4.74 Å². The molecule has 0 bridgehead atoms. The van der Waals surface area contributed by atoms with Gasteiger partial charge in [-0.3, -0.25) is 4.79 Å². The molecule has 0 aromatic heterocycles. The summed E-state index contributed by atoms with van der Waals surface area (Å²) in [5, 5.41) is 0.991. The molecule has 0 N–H and O–H groups in total. The van der Waals surface area contributed by atoms with Crippen LogP contribution < -0.4 is 0 Å². The van der Waals surface area contributed by atoms with Gasteiger partial charge in [-0.05, 0) is 43.9 Å². The molecule has 2 nitrogen and oxygen atoms in total. The van der Waals surface area contributed by atoms with Crippen LogP contribution in [0.1, 0.15) is 36.5 Å². The molecular weight excluding hydrogens is 271 g/mol. The first kappa shape index (κ1) is 13.9. The average molecular weight is 287 g/mol. The minimum absolute atomic E-state index is 0.0941. The Labute approximate surface area is 117 Å². The second kappa shape index (κ2) is 6.05. The maximum atomic E-state index is 12.1. The summed E-state index contributed by atoms with van der Waals surface area (Å²) in [6.07, 6.45) is 2.84. The van der Waals surface area contributed by atoms with E-state index in [1.54, 1.807) is 18.2 Å². The van der Waals surface area contributed by atoms with E-state index in [1.807, 2.05) is 6.92 Å². The van der Waals surface area contributed by atoms with Crippen molar-refractivity contribution in [2.24, 2.45) is 5.92 Å². The number of halogens is 2. The van der Waals surface area contributed by atoms with Crippen molar-refractivity contribution in [1.82, 2.24) is 0 Å². The summed E-state index contributed by atoms with van der Waals surface area (Å²) in [6.45, 7) is 2.74. The van der Waals surface area contributed by atoms with Crippen LogP contribution in [0.5, 0.6) is 0 Å². The van der Waals surface area contributed by atoms with E-state index in [2.05, 4.69) is 0 Å². The SMILES string of the molecule is CCOC1CC(CC(=O)c2ccc(Cl)cc2Cl)C1. The molecule has 0 radical (unpaired) electrons. The van der Waals surface area contributed by atoms with Gasteiger partial charge in [0.1, 0.15) is 0 Å². The highest BCUT2D eigenvalue weighted by molar-refractivity contribution is 6.36. The molecule has 0 amide bonds. The second-order valence-electron chi connectivity index (χ2n) is 4.67. The Morgan fingerprint density at radius 1 is 1.39 bits per heavy atom. The molecule has 1 aromatic rings. The Balaban J connectivity index is 1.89. The molecule has 0 spiro atoms. The predicted molar refractivity (Wildman–Crippen MR) is 73.5 cm³/mol. The number of ketones is 1. The number of hydrogen-bond donors (Lipinski definition) is 0. The predicted octanol–water partition coefficient (Wildman–Crippen LogP) is 4.38. The van der Waals surface area contributed by atoms with E-state index in [4.69, 9.17) is 27.9 Å². The van der Waals surface area contributed by atoms with Gasteiger partial charge in [-0.15, -0.1) is 0 Å². The first-order chi connectivity index (χ1) is 8.60. The molecule has 1 saturated carbocycles. The third kappa shape index (κ3) is 3.25. The van der Waals surface area contributed by atoms with E-state index < -0.39 is 0 Å². The molecule has 0 heterocycles. The highest BCUT2D eigenvalue weighted by Gasteiger charge is 2.31. The van der Waals surface area contributed by atoms with Crippen molar-refractivity contribution in [3.05, 3.63) is 33.8 Å². The van der Waals surface area contributed by atoms with E-state index in [0.717, 1.165) is 19.4 Å². The maximum absolute atomic E-state index is 12.1. The Hall–Kier alpha value is -0.570. The monoisotopic (exact) mass is 286 g/mol. The zero-order valence-corrected chi connectivity index (χ0v) is 11.8. The summed E-state index contributed by atoms with van der Waals surface area (Å²) >= 11 is 11.8. The molecule has 0 atom stereocenters. The molecule has 0 unspecified atom stereocenters. The Morgan fingerprint density at radius 3 is 2.72 bits per heavy atom. The molecule has 4 heteroatoms. The van der Waals surface area contributed by atoms with Gasteiger partial charge in [0.05, 0.1) is 11.1 Å². The highest BCUT2D eigenvalue weighted by Crippen LogP contribution is 2.34. The van der Waals surface area contributed by atoms with Crippen molar-refractivity contribution in [3.8, 4) is 0 Å². The van der Waals surface area contributed by atoms with E-state index in [0.29, 0.717) is 34.1 Å². The fourth-order valence-corrected chi connectivity index (χ4v) is 2.81. The second-order valence-corrected chi connectivity index (χ2v) is 5.51. The zero-order chi connectivity index (χ0) is 13.1. The number of hydrogen-bond acceptors (Lipinski definition) is 2. The number of benzene rings is 1. The van der Waals surface area contributed by atoms with Gasteiger partial charge >= 0.3 is 0 Å². The van der Waals surface area contributed by atoms with E-state index >= 15 is 0 Å². The lowest BCUT2D eigenvalue weighted by molar-refractivity contribution is -0.0246.